The van der Waals surface area contributed by atoms with Crippen molar-refractivity contribution in [2.24, 2.45) is 17.8 Å². The van der Waals surface area contributed by atoms with E-state index in [1.165, 1.54) is 30.4 Å². The molecule has 24 heavy (non-hydrogen) atoms. The van der Waals surface area contributed by atoms with Gasteiger partial charge in [-0.1, -0.05) is 30.3 Å². The molecule has 1 heterocycles. The number of rotatable bonds is 2. The molecule has 0 aromatic heterocycles. The van der Waals surface area contributed by atoms with Crippen molar-refractivity contribution >= 4 is 11.7 Å². The van der Waals surface area contributed by atoms with Crippen molar-refractivity contribution in [1.29, 1.82) is 0 Å². The number of aromatic carboxylic acids is 1. The first-order valence-corrected chi connectivity index (χ1v) is 8.91. The van der Waals surface area contributed by atoms with E-state index in [0.29, 0.717) is 23.4 Å². The van der Waals surface area contributed by atoms with Gasteiger partial charge < -0.3 is 10.4 Å². The number of hydrogen-bond acceptors (Lipinski definition) is 2. The molecule has 2 aliphatic carbocycles. The molecule has 0 radical (unpaired) electrons. The third-order valence-electron chi connectivity index (χ3n) is 6.49. The van der Waals surface area contributed by atoms with Crippen LogP contribution >= 0.6 is 0 Å². The molecule has 0 saturated heterocycles. The van der Waals surface area contributed by atoms with Gasteiger partial charge in [0, 0.05) is 5.69 Å². The molecule has 0 unspecified atom stereocenters. The fourth-order valence-electron chi connectivity index (χ4n) is 5.61. The summed E-state index contributed by atoms with van der Waals surface area (Å²) in [5.41, 5.74) is 4.13. The van der Waals surface area contributed by atoms with Gasteiger partial charge in [0.1, 0.15) is 0 Å². The molecular formula is C21H21NO2. The Hall–Kier alpha value is -2.29. The zero-order valence-electron chi connectivity index (χ0n) is 13.5. The summed E-state index contributed by atoms with van der Waals surface area (Å²) in [6, 6.07) is 16.7. The van der Waals surface area contributed by atoms with Crippen LogP contribution in [0.1, 0.15) is 52.7 Å². The van der Waals surface area contributed by atoms with E-state index >= 15 is 0 Å². The van der Waals surface area contributed by atoms with E-state index in [0.717, 1.165) is 17.5 Å². The van der Waals surface area contributed by atoms with Crippen LogP contribution in [-0.4, -0.2) is 11.1 Å². The number of benzene rings is 2. The first-order chi connectivity index (χ1) is 11.7. The molecule has 0 spiro atoms. The first-order valence-electron chi connectivity index (χ1n) is 8.91. The molecular weight excluding hydrogens is 298 g/mol. The topological polar surface area (TPSA) is 49.3 Å². The number of carbonyl (C=O) groups is 1. The van der Waals surface area contributed by atoms with E-state index in [9.17, 15) is 9.90 Å². The van der Waals surface area contributed by atoms with Crippen LogP contribution in [0, 0.1) is 17.8 Å². The third kappa shape index (κ3) is 1.94. The van der Waals surface area contributed by atoms with Crippen LogP contribution in [0.2, 0.25) is 0 Å². The summed E-state index contributed by atoms with van der Waals surface area (Å²) in [4.78, 5) is 11.4. The summed E-state index contributed by atoms with van der Waals surface area (Å²) in [5, 5.41) is 13.1. The fraction of sp³-hybridized carbons (Fsp3) is 0.381. The molecule has 2 saturated carbocycles. The van der Waals surface area contributed by atoms with Crippen molar-refractivity contribution in [3.63, 3.8) is 0 Å². The maximum absolute atomic E-state index is 11.4. The van der Waals surface area contributed by atoms with Gasteiger partial charge in [-0.15, -0.1) is 0 Å². The minimum absolute atomic E-state index is 0.342. The Balaban J connectivity index is 1.64. The van der Waals surface area contributed by atoms with Crippen LogP contribution in [0.3, 0.4) is 0 Å². The molecule has 3 aliphatic rings. The molecule has 2 fully saturated rings. The van der Waals surface area contributed by atoms with Crippen LogP contribution < -0.4 is 5.32 Å². The van der Waals surface area contributed by atoms with Gasteiger partial charge in [-0.05, 0) is 72.3 Å². The molecule has 5 atom stereocenters. The second-order valence-corrected chi connectivity index (χ2v) is 7.58. The van der Waals surface area contributed by atoms with E-state index in [1.54, 1.807) is 6.07 Å². The lowest BCUT2D eigenvalue weighted by Gasteiger charge is -2.43. The number of carboxylic acid groups (broad SMARTS) is 1. The highest BCUT2D eigenvalue weighted by molar-refractivity contribution is 5.88. The van der Waals surface area contributed by atoms with Crippen LogP contribution in [-0.2, 0) is 0 Å². The Kier molecular flexibility index (Phi) is 2.99. The molecule has 122 valence electrons. The summed E-state index contributed by atoms with van der Waals surface area (Å²) < 4.78 is 0. The van der Waals surface area contributed by atoms with E-state index in [4.69, 9.17) is 0 Å². The highest BCUT2D eigenvalue weighted by Crippen LogP contribution is 2.63. The van der Waals surface area contributed by atoms with E-state index < -0.39 is 5.97 Å². The van der Waals surface area contributed by atoms with Crippen molar-refractivity contribution in [1.82, 2.24) is 0 Å². The second kappa shape index (κ2) is 5.10. The van der Waals surface area contributed by atoms with Gasteiger partial charge in [0.2, 0.25) is 0 Å². The van der Waals surface area contributed by atoms with Crippen LogP contribution in [0.15, 0.2) is 48.5 Å². The second-order valence-electron chi connectivity index (χ2n) is 7.58. The lowest BCUT2D eigenvalue weighted by Crippen LogP contribution is -2.35. The predicted molar refractivity (Wildman–Crippen MR) is 93.3 cm³/mol. The quantitative estimate of drug-likeness (QED) is 0.845. The smallest absolute Gasteiger partial charge is 0.335 e. The fourth-order valence-corrected chi connectivity index (χ4v) is 5.61. The highest BCUT2D eigenvalue weighted by atomic mass is 16.4. The number of fused-ring (bicyclic) bond motifs is 7. The van der Waals surface area contributed by atoms with Crippen molar-refractivity contribution in [3.8, 4) is 0 Å². The summed E-state index contributed by atoms with van der Waals surface area (Å²) in [6.45, 7) is 0. The van der Waals surface area contributed by atoms with Gasteiger partial charge in [0.25, 0.3) is 0 Å². The number of hydrogen-bond donors (Lipinski definition) is 2. The first kappa shape index (κ1) is 14.1. The van der Waals surface area contributed by atoms with Gasteiger partial charge >= 0.3 is 5.97 Å². The lowest BCUT2D eigenvalue weighted by molar-refractivity contribution is 0.0696. The number of carboxylic acids is 1. The Bertz CT molecular complexity index is 801. The van der Waals surface area contributed by atoms with Crippen molar-refractivity contribution in [2.75, 3.05) is 5.32 Å². The molecule has 3 nitrogen and oxygen atoms in total. The average molecular weight is 319 g/mol. The molecule has 3 heteroatoms. The molecule has 2 aromatic carbocycles. The molecule has 1 aliphatic heterocycles. The summed E-state index contributed by atoms with van der Waals surface area (Å²) >= 11 is 0. The lowest BCUT2D eigenvalue weighted by atomic mass is 9.68. The number of nitrogens with one attached hydrogen (secondary N) is 1. The molecule has 2 aromatic rings. The summed E-state index contributed by atoms with van der Waals surface area (Å²) in [5.74, 6) is 1.74. The standard InChI is InChI=1S/C21H21NO2/c23-21(24)15-8-9-17-16(11-15)18-13-6-7-14(10-13)19(18)20(22-17)12-4-2-1-3-5-12/h1-5,8-9,11,13-14,18-20,22H,6-7,10H2,(H,23,24)/t13-,14+,18+,19+,20+/m0/s1. The zero-order valence-corrected chi connectivity index (χ0v) is 13.5. The van der Waals surface area contributed by atoms with Gasteiger partial charge in [-0.2, -0.15) is 0 Å². The summed E-state index contributed by atoms with van der Waals surface area (Å²) in [7, 11) is 0. The minimum atomic E-state index is -0.831. The summed E-state index contributed by atoms with van der Waals surface area (Å²) in [6.07, 6.45) is 3.92. The Morgan fingerprint density at radius 3 is 2.62 bits per heavy atom. The largest absolute Gasteiger partial charge is 0.478 e. The zero-order chi connectivity index (χ0) is 16.3. The van der Waals surface area contributed by atoms with E-state index in [-0.39, 0.29) is 0 Å². The van der Waals surface area contributed by atoms with Crippen LogP contribution in [0.5, 0.6) is 0 Å². The Morgan fingerprint density at radius 2 is 1.83 bits per heavy atom. The molecule has 2 bridgehead atoms. The normalized spacial score (nSPS) is 32.8. The van der Waals surface area contributed by atoms with Crippen molar-refractivity contribution in [2.45, 2.75) is 31.2 Å². The maximum Gasteiger partial charge on any atom is 0.335 e. The van der Waals surface area contributed by atoms with Gasteiger partial charge in [-0.3, -0.25) is 0 Å². The Labute approximate surface area is 141 Å². The Morgan fingerprint density at radius 1 is 1.04 bits per heavy atom. The van der Waals surface area contributed by atoms with Crippen molar-refractivity contribution < 1.29 is 9.90 Å². The van der Waals surface area contributed by atoms with Crippen LogP contribution in [0.4, 0.5) is 5.69 Å². The van der Waals surface area contributed by atoms with E-state index in [2.05, 4.69) is 35.6 Å². The van der Waals surface area contributed by atoms with Crippen molar-refractivity contribution in [3.05, 3.63) is 65.2 Å². The maximum atomic E-state index is 11.4. The average Bonchev–Trinajstić information content (AvgIpc) is 3.23. The third-order valence-corrected chi connectivity index (χ3v) is 6.49. The minimum Gasteiger partial charge on any atom is -0.478 e. The predicted octanol–water partition coefficient (Wildman–Crippen LogP) is 4.68. The van der Waals surface area contributed by atoms with Gasteiger partial charge in [-0.25, -0.2) is 4.79 Å². The van der Waals surface area contributed by atoms with Gasteiger partial charge in [0.05, 0.1) is 11.6 Å². The SMILES string of the molecule is O=C(O)c1ccc2c(c1)[C@H]1[C@H]3CC[C@H](C3)[C@H]1[C@@H](c1ccccc1)N2. The molecule has 5 rings (SSSR count). The van der Waals surface area contributed by atoms with E-state index in [1.807, 2.05) is 12.1 Å². The number of anilines is 1. The monoisotopic (exact) mass is 319 g/mol. The highest BCUT2D eigenvalue weighted by Gasteiger charge is 2.53. The van der Waals surface area contributed by atoms with Gasteiger partial charge in [0.15, 0.2) is 0 Å². The molecule has 0 amide bonds. The molecule has 2 N–H and O–H groups in total. The van der Waals surface area contributed by atoms with Crippen LogP contribution in [0.25, 0.3) is 0 Å².